The highest BCUT2D eigenvalue weighted by molar-refractivity contribution is 5.93. The Labute approximate surface area is 140 Å². The summed E-state index contributed by atoms with van der Waals surface area (Å²) in [5.74, 6) is 1.91. The molecule has 24 heavy (non-hydrogen) atoms. The minimum Gasteiger partial charge on any atom is -0.497 e. The van der Waals surface area contributed by atoms with Crippen LogP contribution in [-0.4, -0.2) is 40.5 Å². The van der Waals surface area contributed by atoms with Gasteiger partial charge >= 0.3 is 5.97 Å². The van der Waals surface area contributed by atoms with E-state index in [0.717, 1.165) is 5.75 Å². The van der Waals surface area contributed by atoms with Crippen molar-refractivity contribution in [3.8, 4) is 23.0 Å². The van der Waals surface area contributed by atoms with Gasteiger partial charge in [-0.3, -0.25) is 0 Å². The summed E-state index contributed by atoms with van der Waals surface area (Å²) < 4.78 is 26.1. The van der Waals surface area contributed by atoms with E-state index in [-0.39, 0.29) is 13.2 Å². The fourth-order valence-corrected chi connectivity index (χ4v) is 2.02. The van der Waals surface area contributed by atoms with Crippen molar-refractivity contribution in [2.75, 3.05) is 34.5 Å². The minimum absolute atomic E-state index is 0.116. The summed E-state index contributed by atoms with van der Waals surface area (Å²) in [6, 6.07) is 12.1. The third-order valence-electron chi connectivity index (χ3n) is 3.27. The molecule has 6 nitrogen and oxygen atoms in total. The SMILES string of the molecule is COc1ccc(OCCOC(=O)c2cc(OC)ccc2OC)cc1. The van der Waals surface area contributed by atoms with Crippen LogP contribution < -0.4 is 18.9 Å². The molecule has 0 fully saturated rings. The summed E-state index contributed by atoms with van der Waals surface area (Å²) in [6.45, 7) is 0.357. The standard InChI is InChI=1S/C18H20O6/c1-20-13-4-6-14(7-5-13)23-10-11-24-18(19)16-12-15(21-2)8-9-17(16)22-3/h4-9,12H,10-11H2,1-3H3. The van der Waals surface area contributed by atoms with Crippen molar-refractivity contribution in [1.29, 1.82) is 0 Å². The van der Waals surface area contributed by atoms with Gasteiger partial charge in [-0.1, -0.05) is 0 Å². The lowest BCUT2D eigenvalue weighted by atomic mass is 10.2. The van der Waals surface area contributed by atoms with E-state index in [1.807, 2.05) is 0 Å². The van der Waals surface area contributed by atoms with E-state index in [1.54, 1.807) is 49.6 Å². The molecular weight excluding hydrogens is 312 g/mol. The van der Waals surface area contributed by atoms with Gasteiger partial charge in [0.05, 0.1) is 21.3 Å². The summed E-state index contributed by atoms with van der Waals surface area (Å²) in [5.41, 5.74) is 0.307. The molecule has 128 valence electrons. The number of hydrogen-bond acceptors (Lipinski definition) is 6. The van der Waals surface area contributed by atoms with Crippen LogP contribution in [-0.2, 0) is 4.74 Å². The number of esters is 1. The molecule has 0 unspecified atom stereocenters. The monoisotopic (exact) mass is 332 g/mol. The topological polar surface area (TPSA) is 63.2 Å². The number of benzene rings is 2. The summed E-state index contributed by atoms with van der Waals surface area (Å²) in [4.78, 5) is 12.2. The van der Waals surface area contributed by atoms with Crippen LogP contribution in [0.25, 0.3) is 0 Å². The van der Waals surface area contributed by atoms with Crippen molar-refractivity contribution in [1.82, 2.24) is 0 Å². The van der Waals surface area contributed by atoms with E-state index in [9.17, 15) is 4.79 Å². The second kappa shape index (κ2) is 8.67. The summed E-state index contributed by atoms with van der Waals surface area (Å²) >= 11 is 0. The molecule has 0 spiro atoms. The molecule has 0 saturated heterocycles. The van der Waals surface area contributed by atoms with E-state index < -0.39 is 5.97 Å². The molecule has 0 aliphatic heterocycles. The van der Waals surface area contributed by atoms with Crippen LogP contribution >= 0.6 is 0 Å². The fourth-order valence-electron chi connectivity index (χ4n) is 2.02. The first kappa shape index (κ1) is 17.5. The highest BCUT2D eigenvalue weighted by atomic mass is 16.6. The molecule has 0 atom stereocenters. The van der Waals surface area contributed by atoms with Crippen molar-refractivity contribution in [2.45, 2.75) is 0 Å². The number of rotatable bonds is 8. The number of carbonyl (C=O) groups is 1. The van der Waals surface area contributed by atoms with Gasteiger partial charge in [0.1, 0.15) is 41.8 Å². The highest BCUT2D eigenvalue weighted by Crippen LogP contribution is 2.24. The van der Waals surface area contributed by atoms with Crippen molar-refractivity contribution in [3.05, 3.63) is 48.0 Å². The average molecular weight is 332 g/mol. The average Bonchev–Trinajstić information content (AvgIpc) is 2.64. The number of carbonyl (C=O) groups excluding carboxylic acids is 1. The Bertz CT molecular complexity index is 666. The zero-order valence-corrected chi connectivity index (χ0v) is 13.9. The maximum atomic E-state index is 12.2. The molecule has 6 heteroatoms. The molecule has 0 aliphatic carbocycles. The van der Waals surface area contributed by atoms with E-state index in [0.29, 0.717) is 22.8 Å². The predicted molar refractivity (Wildman–Crippen MR) is 88.3 cm³/mol. The van der Waals surface area contributed by atoms with E-state index >= 15 is 0 Å². The normalized spacial score (nSPS) is 9.96. The Balaban J connectivity index is 1.86. The Hall–Kier alpha value is -2.89. The number of ether oxygens (including phenoxy) is 5. The zero-order chi connectivity index (χ0) is 17.4. The van der Waals surface area contributed by atoms with Gasteiger partial charge in [-0.15, -0.1) is 0 Å². The van der Waals surface area contributed by atoms with Gasteiger partial charge < -0.3 is 23.7 Å². The second-order valence-electron chi connectivity index (χ2n) is 4.73. The summed E-state index contributed by atoms with van der Waals surface area (Å²) in [5, 5.41) is 0. The molecule has 0 N–H and O–H groups in total. The third-order valence-corrected chi connectivity index (χ3v) is 3.27. The first-order valence-corrected chi connectivity index (χ1v) is 7.34. The van der Waals surface area contributed by atoms with E-state index in [2.05, 4.69) is 0 Å². The zero-order valence-electron chi connectivity index (χ0n) is 13.9. The van der Waals surface area contributed by atoms with Gasteiger partial charge in [0.15, 0.2) is 0 Å². The van der Waals surface area contributed by atoms with E-state index in [4.69, 9.17) is 23.7 Å². The predicted octanol–water partition coefficient (Wildman–Crippen LogP) is 2.95. The molecular formula is C18H20O6. The van der Waals surface area contributed by atoms with Crippen LogP contribution in [0.3, 0.4) is 0 Å². The Morgan fingerprint density at radius 2 is 1.42 bits per heavy atom. The van der Waals surface area contributed by atoms with Crippen molar-refractivity contribution in [3.63, 3.8) is 0 Å². The molecule has 0 radical (unpaired) electrons. The minimum atomic E-state index is -0.496. The fraction of sp³-hybridized carbons (Fsp3) is 0.278. The van der Waals surface area contributed by atoms with E-state index in [1.165, 1.54) is 14.2 Å². The molecule has 0 aliphatic rings. The Morgan fingerprint density at radius 1 is 0.792 bits per heavy atom. The molecule has 0 bridgehead atoms. The molecule has 0 amide bonds. The van der Waals surface area contributed by atoms with Crippen molar-refractivity contribution in [2.24, 2.45) is 0 Å². The third kappa shape index (κ3) is 4.55. The first-order valence-electron chi connectivity index (χ1n) is 7.34. The van der Waals surface area contributed by atoms with Crippen LogP contribution in [0.5, 0.6) is 23.0 Å². The van der Waals surface area contributed by atoms with Gasteiger partial charge in [-0.25, -0.2) is 4.79 Å². The second-order valence-corrected chi connectivity index (χ2v) is 4.73. The van der Waals surface area contributed by atoms with Gasteiger partial charge in [-0.05, 0) is 42.5 Å². The van der Waals surface area contributed by atoms with Crippen LogP contribution in [0.4, 0.5) is 0 Å². The van der Waals surface area contributed by atoms with Gasteiger partial charge in [0, 0.05) is 0 Å². The smallest absolute Gasteiger partial charge is 0.342 e. The quantitative estimate of drug-likeness (QED) is 0.547. The van der Waals surface area contributed by atoms with Gasteiger partial charge in [0.2, 0.25) is 0 Å². The van der Waals surface area contributed by atoms with Crippen molar-refractivity contribution < 1.29 is 28.5 Å². The molecule has 0 heterocycles. The largest absolute Gasteiger partial charge is 0.497 e. The van der Waals surface area contributed by atoms with Gasteiger partial charge in [-0.2, -0.15) is 0 Å². The van der Waals surface area contributed by atoms with Crippen LogP contribution in [0, 0.1) is 0 Å². The lowest BCUT2D eigenvalue weighted by molar-refractivity contribution is 0.0446. The van der Waals surface area contributed by atoms with Crippen LogP contribution in [0.15, 0.2) is 42.5 Å². The number of hydrogen-bond donors (Lipinski definition) is 0. The lowest BCUT2D eigenvalue weighted by Crippen LogP contribution is -2.13. The Morgan fingerprint density at radius 3 is 2.04 bits per heavy atom. The first-order chi connectivity index (χ1) is 11.7. The molecule has 2 aromatic carbocycles. The van der Waals surface area contributed by atoms with Crippen LogP contribution in [0.1, 0.15) is 10.4 Å². The van der Waals surface area contributed by atoms with Gasteiger partial charge in [0.25, 0.3) is 0 Å². The Kier molecular flexibility index (Phi) is 6.31. The molecule has 0 saturated carbocycles. The maximum absolute atomic E-state index is 12.2. The number of methoxy groups -OCH3 is 3. The lowest BCUT2D eigenvalue weighted by Gasteiger charge is -2.11. The van der Waals surface area contributed by atoms with Crippen molar-refractivity contribution >= 4 is 5.97 Å². The maximum Gasteiger partial charge on any atom is 0.342 e. The molecule has 2 aromatic rings. The molecule has 0 aromatic heterocycles. The highest BCUT2D eigenvalue weighted by Gasteiger charge is 2.15. The summed E-state index contributed by atoms with van der Waals surface area (Å²) in [7, 11) is 4.62. The molecule has 2 rings (SSSR count). The van der Waals surface area contributed by atoms with Crippen LogP contribution in [0.2, 0.25) is 0 Å². The summed E-state index contributed by atoms with van der Waals surface area (Å²) in [6.07, 6.45) is 0.